The number of aliphatic hydroxyl groups excluding tert-OH is 7. The van der Waals surface area contributed by atoms with E-state index in [0.29, 0.717) is 19.3 Å². The van der Waals surface area contributed by atoms with Crippen molar-refractivity contribution in [2.45, 2.75) is 281 Å². The van der Waals surface area contributed by atoms with E-state index in [1.54, 1.807) is 0 Å². The van der Waals surface area contributed by atoms with E-state index >= 15 is 0 Å². The summed E-state index contributed by atoms with van der Waals surface area (Å²) in [6.45, 7) is 3.39. The lowest BCUT2D eigenvalue weighted by Crippen LogP contribution is -2.60. The molecule has 1 aliphatic rings. The zero-order valence-corrected chi connectivity index (χ0v) is 40.8. The molecule has 8 N–H and O–H groups in total. The molecule has 376 valence electrons. The van der Waals surface area contributed by atoms with E-state index in [9.17, 15) is 40.5 Å². The molecule has 1 saturated heterocycles. The summed E-state index contributed by atoms with van der Waals surface area (Å²) in [5, 5.41) is 75.7. The lowest BCUT2D eigenvalue weighted by atomic mass is 9.98. The van der Waals surface area contributed by atoms with E-state index in [1.807, 2.05) is 0 Å². The van der Waals surface area contributed by atoms with Gasteiger partial charge in [-0.3, -0.25) is 4.79 Å². The Bertz CT molecular complexity index is 1130. The summed E-state index contributed by atoms with van der Waals surface area (Å²) in [6, 6.07) is -1.19. The van der Waals surface area contributed by atoms with Gasteiger partial charge in [0.25, 0.3) is 0 Å². The van der Waals surface area contributed by atoms with Gasteiger partial charge in [0.1, 0.15) is 36.6 Å². The third-order valence-corrected chi connectivity index (χ3v) is 12.6. The summed E-state index contributed by atoms with van der Waals surface area (Å²) >= 11 is 0. The van der Waals surface area contributed by atoms with Crippen molar-refractivity contribution in [1.29, 1.82) is 0 Å². The number of amides is 1. The van der Waals surface area contributed by atoms with Gasteiger partial charge in [-0.15, -0.1) is 0 Å². The third-order valence-electron chi connectivity index (χ3n) is 12.6. The Hall–Kier alpha value is -1.67. The number of allylic oxidation sites excluding steroid dienone is 6. The molecule has 9 unspecified atom stereocenters. The second kappa shape index (κ2) is 42.7. The monoisotopic (exact) mass is 910 g/mol. The van der Waals surface area contributed by atoms with E-state index in [-0.39, 0.29) is 12.8 Å². The molecule has 0 radical (unpaired) electrons. The van der Waals surface area contributed by atoms with Crippen LogP contribution in [0.2, 0.25) is 0 Å². The molecular weight excluding hydrogens is 811 g/mol. The van der Waals surface area contributed by atoms with Crippen LogP contribution in [0.5, 0.6) is 0 Å². The number of rotatable bonds is 44. The van der Waals surface area contributed by atoms with Crippen LogP contribution in [0.15, 0.2) is 36.5 Å². The number of hydrogen-bond acceptors (Lipinski definition) is 10. The van der Waals surface area contributed by atoms with Gasteiger partial charge in [-0.25, -0.2) is 0 Å². The van der Waals surface area contributed by atoms with Crippen molar-refractivity contribution < 1.29 is 50.0 Å². The normalized spacial score (nSPS) is 21.3. The van der Waals surface area contributed by atoms with Crippen LogP contribution in [0.3, 0.4) is 0 Å². The fourth-order valence-electron chi connectivity index (χ4n) is 8.28. The number of carbonyl (C=O) groups excluding carboxylic acids is 1. The number of ether oxygens (including phenoxy) is 2. The van der Waals surface area contributed by atoms with Crippen LogP contribution in [-0.4, -0.2) is 110 Å². The molecule has 11 heteroatoms. The summed E-state index contributed by atoms with van der Waals surface area (Å²) in [4.78, 5) is 13.1. The maximum absolute atomic E-state index is 13.1. The molecule has 0 aromatic carbocycles. The summed E-state index contributed by atoms with van der Waals surface area (Å²) in [7, 11) is 0. The van der Waals surface area contributed by atoms with Crippen molar-refractivity contribution in [3.63, 3.8) is 0 Å². The van der Waals surface area contributed by atoms with Gasteiger partial charge in [0.05, 0.1) is 25.4 Å². The van der Waals surface area contributed by atoms with Gasteiger partial charge >= 0.3 is 0 Å². The van der Waals surface area contributed by atoms with Gasteiger partial charge in [-0.2, -0.15) is 0 Å². The Balaban J connectivity index is 2.32. The fraction of sp³-hybridized carbons (Fsp3) is 0.868. The van der Waals surface area contributed by atoms with Crippen molar-refractivity contribution in [2.75, 3.05) is 13.2 Å². The summed E-state index contributed by atoms with van der Waals surface area (Å²) < 4.78 is 11.1. The average molecular weight is 910 g/mol. The summed E-state index contributed by atoms with van der Waals surface area (Å²) in [5.41, 5.74) is 0. The number of nitrogens with one attached hydrogen (secondary N) is 1. The van der Waals surface area contributed by atoms with E-state index in [2.05, 4.69) is 55.6 Å². The first kappa shape index (κ1) is 60.3. The SMILES string of the molecule is CCCCC/C=C/CC/C=C/CCCC(O)C(O)C(COC1OC(CO)C(O)C(O)C1O)NC(=O)C(O)CCCCCCCCCCC/C=C\CCCCCCCCCCCCCC. The maximum Gasteiger partial charge on any atom is 0.249 e. The van der Waals surface area contributed by atoms with Crippen LogP contribution >= 0.6 is 0 Å². The molecule has 0 aromatic heterocycles. The smallest absolute Gasteiger partial charge is 0.249 e. The highest BCUT2D eigenvalue weighted by atomic mass is 16.7. The quantitative estimate of drug-likeness (QED) is 0.0216. The lowest BCUT2D eigenvalue weighted by Gasteiger charge is -2.40. The molecule has 0 spiro atoms. The molecule has 1 fully saturated rings. The number of hydrogen-bond donors (Lipinski definition) is 8. The molecule has 1 aliphatic heterocycles. The second-order valence-corrected chi connectivity index (χ2v) is 18.6. The van der Waals surface area contributed by atoms with Crippen LogP contribution in [0.1, 0.15) is 226 Å². The van der Waals surface area contributed by atoms with E-state index < -0.39 is 74.2 Å². The van der Waals surface area contributed by atoms with Gasteiger partial charge in [0.2, 0.25) is 5.91 Å². The van der Waals surface area contributed by atoms with Crippen molar-refractivity contribution in [3.05, 3.63) is 36.5 Å². The van der Waals surface area contributed by atoms with E-state index in [0.717, 1.165) is 38.5 Å². The Kier molecular flexibility index (Phi) is 40.2. The molecule has 1 heterocycles. The zero-order chi connectivity index (χ0) is 46.9. The highest BCUT2D eigenvalue weighted by molar-refractivity contribution is 5.80. The van der Waals surface area contributed by atoms with Crippen LogP contribution in [0, 0.1) is 0 Å². The molecule has 11 nitrogen and oxygen atoms in total. The minimum atomic E-state index is -1.67. The van der Waals surface area contributed by atoms with Gasteiger partial charge in [-0.1, -0.05) is 185 Å². The minimum absolute atomic E-state index is 0.245. The molecular formula is C53H99NO10. The summed E-state index contributed by atoms with van der Waals surface area (Å²) in [5.74, 6) is -0.713. The van der Waals surface area contributed by atoms with Gasteiger partial charge in [0.15, 0.2) is 6.29 Å². The number of aliphatic hydroxyl groups is 7. The molecule has 0 aliphatic carbocycles. The largest absolute Gasteiger partial charge is 0.394 e. The standard InChI is InChI=1S/C53H99NO10/c1-3-5-7-9-11-13-15-17-18-19-20-21-22-23-24-25-26-27-28-29-31-33-35-37-39-41-46(57)52(62)54-44(43-63-53-51(61)50(60)49(59)47(42-55)64-53)48(58)45(56)40-38-36-34-32-30-16-14-12-10-8-6-4-2/h12,14,23-24,32,34,44-51,53,55-61H,3-11,13,15-22,25-31,33,35-43H2,1-2H3,(H,54,62)/b14-12+,24-23-,34-32+. The van der Waals surface area contributed by atoms with Crippen LogP contribution in [-0.2, 0) is 14.3 Å². The minimum Gasteiger partial charge on any atom is -0.394 e. The zero-order valence-electron chi connectivity index (χ0n) is 40.8. The maximum atomic E-state index is 13.1. The second-order valence-electron chi connectivity index (χ2n) is 18.6. The first-order chi connectivity index (χ1) is 31.2. The Morgan fingerprint density at radius 1 is 0.531 bits per heavy atom. The number of unbranched alkanes of at least 4 members (excludes halogenated alkanes) is 26. The Morgan fingerprint density at radius 3 is 1.42 bits per heavy atom. The van der Waals surface area contributed by atoms with Crippen molar-refractivity contribution in [1.82, 2.24) is 5.32 Å². The van der Waals surface area contributed by atoms with Gasteiger partial charge in [0, 0.05) is 0 Å². The predicted octanol–water partition coefficient (Wildman–Crippen LogP) is 9.95. The lowest BCUT2D eigenvalue weighted by molar-refractivity contribution is -0.303. The topological polar surface area (TPSA) is 189 Å². The molecule has 1 amide bonds. The fourth-order valence-corrected chi connectivity index (χ4v) is 8.28. The van der Waals surface area contributed by atoms with Gasteiger partial charge in [-0.05, 0) is 77.0 Å². The van der Waals surface area contributed by atoms with Crippen molar-refractivity contribution >= 4 is 5.91 Å². The van der Waals surface area contributed by atoms with E-state index in [4.69, 9.17) is 9.47 Å². The van der Waals surface area contributed by atoms with E-state index in [1.165, 1.54) is 141 Å². The molecule has 9 atom stereocenters. The van der Waals surface area contributed by atoms with Crippen LogP contribution in [0.25, 0.3) is 0 Å². The molecule has 0 bridgehead atoms. The predicted molar refractivity (Wildman–Crippen MR) is 261 cm³/mol. The highest BCUT2D eigenvalue weighted by Crippen LogP contribution is 2.23. The number of carbonyl (C=O) groups is 1. The van der Waals surface area contributed by atoms with Gasteiger partial charge < -0.3 is 50.5 Å². The van der Waals surface area contributed by atoms with Crippen molar-refractivity contribution in [3.8, 4) is 0 Å². The first-order valence-corrected chi connectivity index (χ1v) is 26.4. The third kappa shape index (κ3) is 31.3. The Labute approximate surface area is 390 Å². The molecule has 0 saturated carbocycles. The highest BCUT2D eigenvalue weighted by Gasteiger charge is 2.44. The molecule has 1 rings (SSSR count). The molecule has 0 aromatic rings. The Morgan fingerprint density at radius 2 is 0.938 bits per heavy atom. The van der Waals surface area contributed by atoms with Crippen molar-refractivity contribution in [2.24, 2.45) is 0 Å². The molecule has 64 heavy (non-hydrogen) atoms. The first-order valence-electron chi connectivity index (χ1n) is 26.4. The van der Waals surface area contributed by atoms with Crippen LogP contribution < -0.4 is 5.32 Å². The average Bonchev–Trinajstić information content (AvgIpc) is 3.29. The summed E-state index contributed by atoms with van der Waals surface area (Å²) in [6.07, 6.45) is 39.2. The van der Waals surface area contributed by atoms with Crippen LogP contribution in [0.4, 0.5) is 0 Å².